The van der Waals surface area contributed by atoms with E-state index in [1.807, 2.05) is 26.0 Å². The Morgan fingerprint density at radius 3 is 2.56 bits per heavy atom. The standard InChI is InChI=1S/C12H20O4/c1-4-5-10(7-6-9(2)16-3)8-11(13)12(14)15/h5-7,9,11,13H,4,8H2,1-3H3,(H,14,15)/b7-6-,10-5+/t9-,11-/m0/s1. The number of hydrogen-bond donors (Lipinski definition) is 2. The Labute approximate surface area is 96.2 Å². The predicted octanol–water partition coefficient (Wildman–Crippen LogP) is 1.75. The van der Waals surface area contributed by atoms with Gasteiger partial charge in [0.15, 0.2) is 6.10 Å². The Morgan fingerprint density at radius 1 is 1.50 bits per heavy atom. The minimum absolute atomic E-state index is 0.0257. The van der Waals surface area contributed by atoms with Crippen molar-refractivity contribution in [2.75, 3.05) is 7.11 Å². The van der Waals surface area contributed by atoms with Crippen LogP contribution >= 0.6 is 0 Å². The Morgan fingerprint density at radius 2 is 2.12 bits per heavy atom. The van der Waals surface area contributed by atoms with Crippen LogP contribution in [0.2, 0.25) is 0 Å². The highest BCUT2D eigenvalue weighted by Crippen LogP contribution is 2.10. The van der Waals surface area contributed by atoms with E-state index >= 15 is 0 Å². The van der Waals surface area contributed by atoms with Crippen LogP contribution in [-0.2, 0) is 9.53 Å². The molecule has 0 rings (SSSR count). The summed E-state index contributed by atoms with van der Waals surface area (Å²) < 4.78 is 5.04. The smallest absolute Gasteiger partial charge is 0.332 e. The van der Waals surface area contributed by atoms with E-state index in [-0.39, 0.29) is 12.5 Å². The SMILES string of the molecule is CC/C=C(\C=C/[C@H](C)OC)C[C@H](O)C(=O)O. The third-order valence-corrected chi connectivity index (χ3v) is 2.13. The summed E-state index contributed by atoms with van der Waals surface area (Å²) in [7, 11) is 1.60. The lowest BCUT2D eigenvalue weighted by Gasteiger charge is -2.07. The van der Waals surface area contributed by atoms with Crippen LogP contribution in [0, 0.1) is 0 Å². The molecule has 92 valence electrons. The van der Waals surface area contributed by atoms with Gasteiger partial charge in [0.2, 0.25) is 0 Å². The van der Waals surface area contributed by atoms with Crippen LogP contribution < -0.4 is 0 Å². The fourth-order valence-corrected chi connectivity index (χ4v) is 1.13. The quantitative estimate of drug-likeness (QED) is 0.651. The summed E-state index contributed by atoms with van der Waals surface area (Å²) in [5.41, 5.74) is 0.807. The molecule has 0 fully saturated rings. The van der Waals surface area contributed by atoms with Gasteiger partial charge in [0.05, 0.1) is 6.10 Å². The van der Waals surface area contributed by atoms with Gasteiger partial charge in [0.1, 0.15) is 0 Å². The highest BCUT2D eigenvalue weighted by molar-refractivity contribution is 5.72. The van der Waals surface area contributed by atoms with Crippen molar-refractivity contribution in [2.24, 2.45) is 0 Å². The number of rotatable bonds is 7. The normalized spacial score (nSPS) is 16.4. The zero-order chi connectivity index (χ0) is 12.6. The molecule has 4 heteroatoms. The van der Waals surface area contributed by atoms with Crippen molar-refractivity contribution in [3.8, 4) is 0 Å². The average Bonchev–Trinajstić information content (AvgIpc) is 2.25. The molecule has 0 bridgehead atoms. The Balaban J connectivity index is 4.46. The van der Waals surface area contributed by atoms with Crippen molar-refractivity contribution in [3.05, 3.63) is 23.8 Å². The molecule has 2 atom stereocenters. The van der Waals surface area contributed by atoms with Gasteiger partial charge in [-0.25, -0.2) is 4.79 Å². The van der Waals surface area contributed by atoms with Crippen molar-refractivity contribution in [1.29, 1.82) is 0 Å². The van der Waals surface area contributed by atoms with E-state index in [2.05, 4.69) is 0 Å². The lowest BCUT2D eigenvalue weighted by molar-refractivity contribution is -0.146. The lowest BCUT2D eigenvalue weighted by atomic mass is 10.1. The minimum Gasteiger partial charge on any atom is -0.479 e. The maximum atomic E-state index is 10.5. The van der Waals surface area contributed by atoms with Gasteiger partial charge < -0.3 is 14.9 Å². The molecule has 0 unspecified atom stereocenters. The Kier molecular flexibility index (Phi) is 7.50. The molecule has 0 aromatic heterocycles. The van der Waals surface area contributed by atoms with Gasteiger partial charge in [0, 0.05) is 13.5 Å². The van der Waals surface area contributed by atoms with Crippen LogP contribution in [0.4, 0.5) is 0 Å². The molecule has 0 aliphatic heterocycles. The second-order valence-corrected chi connectivity index (χ2v) is 3.55. The molecule has 0 aliphatic rings. The summed E-state index contributed by atoms with van der Waals surface area (Å²) in [4.78, 5) is 10.5. The Bertz CT molecular complexity index is 268. The predicted molar refractivity (Wildman–Crippen MR) is 62.2 cm³/mol. The highest BCUT2D eigenvalue weighted by atomic mass is 16.5. The number of carboxylic acid groups (broad SMARTS) is 1. The van der Waals surface area contributed by atoms with Gasteiger partial charge in [-0.3, -0.25) is 0 Å². The third-order valence-electron chi connectivity index (χ3n) is 2.13. The van der Waals surface area contributed by atoms with E-state index in [1.54, 1.807) is 13.2 Å². The van der Waals surface area contributed by atoms with Crippen LogP contribution in [0.25, 0.3) is 0 Å². The monoisotopic (exact) mass is 228 g/mol. The van der Waals surface area contributed by atoms with Gasteiger partial charge in [-0.15, -0.1) is 0 Å². The van der Waals surface area contributed by atoms with Gasteiger partial charge in [-0.1, -0.05) is 25.2 Å². The average molecular weight is 228 g/mol. The van der Waals surface area contributed by atoms with Crippen LogP contribution in [-0.4, -0.2) is 35.5 Å². The summed E-state index contributed by atoms with van der Waals surface area (Å²) >= 11 is 0. The molecule has 0 aromatic rings. The van der Waals surface area contributed by atoms with Crippen LogP contribution in [0.3, 0.4) is 0 Å². The van der Waals surface area contributed by atoms with Gasteiger partial charge >= 0.3 is 5.97 Å². The Hall–Kier alpha value is -1.13. The number of methoxy groups -OCH3 is 1. The van der Waals surface area contributed by atoms with Crippen molar-refractivity contribution >= 4 is 5.97 Å². The lowest BCUT2D eigenvalue weighted by Crippen LogP contribution is -2.19. The van der Waals surface area contributed by atoms with Crippen molar-refractivity contribution in [3.63, 3.8) is 0 Å². The minimum atomic E-state index is -1.35. The molecule has 4 nitrogen and oxygen atoms in total. The fraction of sp³-hybridized carbons (Fsp3) is 0.583. The van der Waals surface area contributed by atoms with E-state index in [0.717, 1.165) is 12.0 Å². The van der Waals surface area contributed by atoms with Crippen molar-refractivity contribution in [2.45, 2.75) is 38.9 Å². The number of aliphatic carboxylic acids is 1. The van der Waals surface area contributed by atoms with E-state index in [1.165, 1.54) is 0 Å². The number of ether oxygens (including phenoxy) is 1. The molecule has 0 spiro atoms. The third kappa shape index (κ3) is 6.37. The summed E-state index contributed by atoms with van der Waals surface area (Å²) in [6.45, 7) is 3.84. The molecule has 0 aliphatic carbocycles. The molecule has 2 N–H and O–H groups in total. The van der Waals surface area contributed by atoms with E-state index in [9.17, 15) is 9.90 Å². The van der Waals surface area contributed by atoms with Crippen LogP contribution in [0.15, 0.2) is 23.8 Å². The number of aliphatic hydroxyl groups excluding tert-OH is 1. The van der Waals surface area contributed by atoms with Crippen molar-refractivity contribution in [1.82, 2.24) is 0 Å². The zero-order valence-electron chi connectivity index (χ0n) is 10.0. The van der Waals surface area contributed by atoms with Gasteiger partial charge in [-0.2, -0.15) is 0 Å². The fourth-order valence-electron chi connectivity index (χ4n) is 1.13. The topological polar surface area (TPSA) is 66.8 Å². The maximum absolute atomic E-state index is 10.5. The van der Waals surface area contributed by atoms with E-state index in [4.69, 9.17) is 9.84 Å². The first-order chi connectivity index (χ1) is 7.51. The zero-order valence-corrected chi connectivity index (χ0v) is 10.0. The molecule has 0 radical (unpaired) electrons. The summed E-state index contributed by atoms with van der Waals surface area (Å²) in [5, 5.41) is 17.8. The molecular formula is C12H20O4. The summed E-state index contributed by atoms with van der Waals surface area (Å²) in [6, 6.07) is 0. The largest absolute Gasteiger partial charge is 0.479 e. The van der Waals surface area contributed by atoms with Crippen molar-refractivity contribution < 1.29 is 19.7 Å². The number of hydrogen-bond acceptors (Lipinski definition) is 3. The van der Waals surface area contributed by atoms with E-state index in [0.29, 0.717) is 0 Å². The highest BCUT2D eigenvalue weighted by Gasteiger charge is 2.13. The summed E-state index contributed by atoms with van der Waals surface area (Å²) in [5.74, 6) is -1.20. The van der Waals surface area contributed by atoms with Crippen LogP contribution in [0.5, 0.6) is 0 Å². The number of carbonyl (C=O) groups is 1. The number of carboxylic acids is 1. The summed E-state index contributed by atoms with van der Waals surface area (Å²) in [6.07, 6.45) is 5.07. The van der Waals surface area contributed by atoms with Gasteiger partial charge in [0.25, 0.3) is 0 Å². The molecule has 0 aromatic carbocycles. The van der Waals surface area contributed by atoms with E-state index < -0.39 is 12.1 Å². The number of aliphatic hydroxyl groups is 1. The van der Waals surface area contributed by atoms with Crippen LogP contribution in [0.1, 0.15) is 26.7 Å². The first-order valence-electron chi connectivity index (χ1n) is 5.32. The molecule has 0 amide bonds. The molecule has 16 heavy (non-hydrogen) atoms. The molecule has 0 saturated heterocycles. The second-order valence-electron chi connectivity index (χ2n) is 3.55. The second kappa shape index (κ2) is 8.07. The molecule has 0 heterocycles. The molecular weight excluding hydrogens is 208 g/mol. The first-order valence-corrected chi connectivity index (χ1v) is 5.32. The maximum Gasteiger partial charge on any atom is 0.332 e. The number of allylic oxidation sites excluding steroid dienone is 2. The molecule has 0 saturated carbocycles. The first kappa shape index (κ1) is 14.9. The van der Waals surface area contributed by atoms with Gasteiger partial charge in [-0.05, 0) is 18.9 Å².